The highest BCUT2D eigenvalue weighted by molar-refractivity contribution is 5.94. The third kappa shape index (κ3) is 7.92. The van der Waals surface area contributed by atoms with Crippen molar-refractivity contribution in [3.8, 4) is 0 Å². The molecule has 156 valence electrons. The van der Waals surface area contributed by atoms with Gasteiger partial charge in [0.2, 0.25) is 17.7 Å². The van der Waals surface area contributed by atoms with E-state index in [1.165, 1.54) is 13.8 Å². The molecule has 7 N–H and O–H groups in total. The van der Waals surface area contributed by atoms with Gasteiger partial charge in [-0.15, -0.1) is 0 Å². The molecule has 27 heavy (non-hydrogen) atoms. The lowest BCUT2D eigenvalue weighted by molar-refractivity contribution is -0.142. The minimum Gasteiger partial charge on any atom is -0.480 e. The molecule has 0 spiro atoms. The van der Waals surface area contributed by atoms with E-state index in [1.54, 1.807) is 27.7 Å². The van der Waals surface area contributed by atoms with Crippen LogP contribution in [0.5, 0.6) is 0 Å². The molecular weight excluding hydrogens is 356 g/mol. The van der Waals surface area contributed by atoms with Crippen LogP contribution in [0, 0.1) is 11.8 Å². The molecule has 0 saturated heterocycles. The zero-order valence-electron chi connectivity index (χ0n) is 16.6. The molecule has 0 fully saturated rings. The van der Waals surface area contributed by atoms with Gasteiger partial charge < -0.3 is 31.9 Å². The quantitative estimate of drug-likeness (QED) is 0.266. The first-order valence-electron chi connectivity index (χ1n) is 8.87. The maximum atomic E-state index is 12.6. The van der Waals surface area contributed by atoms with E-state index in [4.69, 9.17) is 10.8 Å². The fourth-order valence-corrected chi connectivity index (χ4v) is 2.15. The Morgan fingerprint density at radius 2 is 1.11 bits per heavy atom. The first-order chi connectivity index (χ1) is 12.3. The van der Waals surface area contributed by atoms with Crippen LogP contribution in [0.2, 0.25) is 0 Å². The fraction of sp³-hybridized carbons (Fsp3) is 0.765. The Kier molecular flexibility index (Phi) is 9.95. The van der Waals surface area contributed by atoms with E-state index >= 15 is 0 Å². The first kappa shape index (κ1) is 24.8. The number of carboxylic acid groups (broad SMARTS) is 1. The number of carbonyl (C=O) groups is 4. The number of carboxylic acids is 1. The summed E-state index contributed by atoms with van der Waals surface area (Å²) in [6.45, 7) is 9.47. The van der Waals surface area contributed by atoms with Gasteiger partial charge in [-0.1, -0.05) is 27.7 Å². The number of rotatable bonds is 10. The fourth-order valence-electron chi connectivity index (χ4n) is 2.15. The van der Waals surface area contributed by atoms with Crippen molar-refractivity contribution in [2.45, 2.75) is 71.8 Å². The van der Waals surface area contributed by atoms with Crippen LogP contribution in [-0.4, -0.2) is 64.2 Å². The molecule has 0 aliphatic heterocycles. The van der Waals surface area contributed by atoms with Gasteiger partial charge in [0, 0.05) is 0 Å². The van der Waals surface area contributed by atoms with Crippen LogP contribution in [0.3, 0.4) is 0 Å². The van der Waals surface area contributed by atoms with Crippen molar-refractivity contribution in [3.05, 3.63) is 0 Å². The zero-order chi connectivity index (χ0) is 21.5. The number of aliphatic carboxylic acids is 1. The summed E-state index contributed by atoms with van der Waals surface area (Å²) >= 11 is 0. The van der Waals surface area contributed by atoms with Crippen molar-refractivity contribution in [2.75, 3.05) is 0 Å². The summed E-state index contributed by atoms with van der Waals surface area (Å²) in [5.41, 5.74) is 5.58. The normalized spacial score (nSPS) is 16.8. The van der Waals surface area contributed by atoms with Gasteiger partial charge in [0.25, 0.3) is 0 Å². The summed E-state index contributed by atoms with van der Waals surface area (Å²) in [7, 11) is 0. The van der Waals surface area contributed by atoms with Gasteiger partial charge in [-0.05, 0) is 25.7 Å². The monoisotopic (exact) mass is 388 g/mol. The molecule has 0 heterocycles. The van der Waals surface area contributed by atoms with E-state index in [0.717, 1.165) is 0 Å². The lowest BCUT2D eigenvalue weighted by atomic mass is 9.99. The van der Waals surface area contributed by atoms with Gasteiger partial charge >= 0.3 is 5.97 Å². The summed E-state index contributed by atoms with van der Waals surface area (Å²) < 4.78 is 0. The van der Waals surface area contributed by atoms with E-state index in [0.29, 0.717) is 0 Å². The van der Waals surface area contributed by atoms with Gasteiger partial charge in [-0.3, -0.25) is 19.2 Å². The highest BCUT2D eigenvalue weighted by Crippen LogP contribution is 2.07. The summed E-state index contributed by atoms with van der Waals surface area (Å²) in [5.74, 6) is -3.77. The molecule has 0 saturated carbocycles. The van der Waals surface area contributed by atoms with E-state index in [1.807, 2.05) is 0 Å². The maximum Gasteiger partial charge on any atom is 0.325 e. The highest BCUT2D eigenvalue weighted by atomic mass is 16.4. The smallest absolute Gasteiger partial charge is 0.325 e. The Balaban J connectivity index is 5.22. The Labute approximate surface area is 159 Å². The van der Waals surface area contributed by atoms with E-state index in [-0.39, 0.29) is 11.8 Å². The van der Waals surface area contributed by atoms with E-state index in [9.17, 15) is 24.3 Å². The standard InChI is InChI=1S/C17H32N4O6/c1-7(2)12(15(24)19-9(5)17(26)27)21-16(25)13(8(3)4)20-14(23)11(18)10(6)22/h7-13,22H,18H2,1-6H3,(H,19,24)(H,20,23)(H,21,25)(H,26,27)/t9-,10-,11-,12-,13-/m1/s1. The van der Waals surface area contributed by atoms with Crippen molar-refractivity contribution in [3.63, 3.8) is 0 Å². The van der Waals surface area contributed by atoms with Crippen LogP contribution in [0.15, 0.2) is 0 Å². The van der Waals surface area contributed by atoms with Crippen LogP contribution >= 0.6 is 0 Å². The van der Waals surface area contributed by atoms with E-state index < -0.39 is 54.0 Å². The van der Waals surface area contributed by atoms with Gasteiger partial charge in [0.15, 0.2) is 0 Å². The maximum absolute atomic E-state index is 12.6. The molecule has 3 amide bonds. The number of carbonyl (C=O) groups excluding carboxylic acids is 3. The zero-order valence-corrected chi connectivity index (χ0v) is 16.6. The number of nitrogens with one attached hydrogen (secondary N) is 3. The van der Waals surface area contributed by atoms with Crippen LogP contribution in [0.25, 0.3) is 0 Å². The lowest BCUT2D eigenvalue weighted by Crippen LogP contribution is -2.60. The van der Waals surface area contributed by atoms with Crippen molar-refractivity contribution in [1.82, 2.24) is 16.0 Å². The molecule has 0 aromatic rings. The Bertz CT molecular complexity index is 550. The molecule has 5 atom stereocenters. The minimum absolute atomic E-state index is 0.316. The molecule has 10 heteroatoms. The number of hydrogen-bond acceptors (Lipinski definition) is 6. The number of hydrogen-bond donors (Lipinski definition) is 6. The predicted octanol–water partition coefficient (Wildman–Crippen LogP) is -1.43. The van der Waals surface area contributed by atoms with Crippen LogP contribution in [0.1, 0.15) is 41.5 Å². The van der Waals surface area contributed by atoms with Gasteiger partial charge in [0.1, 0.15) is 24.2 Å². The molecule has 0 bridgehead atoms. The van der Waals surface area contributed by atoms with Gasteiger partial charge in [-0.2, -0.15) is 0 Å². The van der Waals surface area contributed by atoms with Crippen LogP contribution < -0.4 is 21.7 Å². The second-order valence-electron chi connectivity index (χ2n) is 7.30. The first-order valence-corrected chi connectivity index (χ1v) is 8.87. The average Bonchev–Trinajstić information content (AvgIpc) is 2.54. The molecule has 0 aliphatic carbocycles. The second kappa shape index (κ2) is 10.8. The molecular formula is C17H32N4O6. The van der Waals surface area contributed by atoms with Crippen molar-refractivity contribution in [1.29, 1.82) is 0 Å². The Morgan fingerprint density at radius 3 is 1.44 bits per heavy atom. The van der Waals surface area contributed by atoms with Crippen LogP contribution in [0.4, 0.5) is 0 Å². The summed E-state index contributed by atoms with van der Waals surface area (Å²) in [6, 6.07) is -4.27. The third-order valence-electron chi connectivity index (χ3n) is 4.05. The number of nitrogens with two attached hydrogens (primary N) is 1. The Hall–Kier alpha value is -2.20. The molecule has 0 aliphatic rings. The SMILES string of the molecule is CC(C)[C@@H](NC(=O)[C@H](NC(=O)[C@H](N)[C@@H](C)O)C(C)C)C(=O)N[C@H](C)C(=O)O. The molecule has 0 radical (unpaired) electrons. The summed E-state index contributed by atoms with van der Waals surface area (Å²) in [6.07, 6.45) is -1.09. The molecule has 0 rings (SSSR count). The predicted molar refractivity (Wildman–Crippen MR) is 98.4 cm³/mol. The largest absolute Gasteiger partial charge is 0.480 e. The summed E-state index contributed by atoms with van der Waals surface area (Å²) in [5, 5.41) is 25.7. The second-order valence-corrected chi connectivity index (χ2v) is 7.30. The van der Waals surface area contributed by atoms with Crippen molar-refractivity contribution in [2.24, 2.45) is 17.6 Å². The van der Waals surface area contributed by atoms with Gasteiger partial charge in [0.05, 0.1) is 6.10 Å². The average molecular weight is 388 g/mol. The minimum atomic E-state index is -1.20. The number of aliphatic hydroxyl groups is 1. The number of aliphatic hydroxyl groups excluding tert-OH is 1. The Morgan fingerprint density at radius 1 is 0.741 bits per heavy atom. The topological polar surface area (TPSA) is 171 Å². The molecule has 10 nitrogen and oxygen atoms in total. The third-order valence-corrected chi connectivity index (χ3v) is 4.05. The molecule has 0 unspecified atom stereocenters. The van der Waals surface area contributed by atoms with Crippen molar-refractivity contribution < 1.29 is 29.4 Å². The molecule has 0 aromatic heterocycles. The molecule has 0 aromatic carbocycles. The number of amides is 3. The highest BCUT2D eigenvalue weighted by Gasteiger charge is 2.32. The van der Waals surface area contributed by atoms with E-state index in [2.05, 4.69) is 16.0 Å². The lowest BCUT2D eigenvalue weighted by Gasteiger charge is -2.28. The van der Waals surface area contributed by atoms with Gasteiger partial charge in [-0.25, -0.2) is 0 Å². The summed E-state index contributed by atoms with van der Waals surface area (Å²) in [4.78, 5) is 47.9. The van der Waals surface area contributed by atoms with Crippen molar-refractivity contribution >= 4 is 23.7 Å². The van der Waals surface area contributed by atoms with Crippen LogP contribution in [-0.2, 0) is 19.2 Å².